The highest BCUT2D eigenvalue weighted by atomic mass is 32.2. The van der Waals surface area contributed by atoms with Gasteiger partial charge in [-0.15, -0.1) is 0 Å². The maximum absolute atomic E-state index is 12.7. The van der Waals surface area contributed by atoms with E-state index in [4.69, 9.17) is 0 Å². The van der Waals surface area contributed by atoms with Crippen LogP contribution in [0.15, 0.2) is 58.6 Å². The first-order valence-corrected chi connectivity index (χ1v) is 8.77. The molecular weight excluding hydrogens is 322 g/mol. The summed E-state index contributed by atoms with van der Waals surface area (Å²) in [6.07, 6.45) is 4.71. The zero-order chi connectivity index (χ0) is 17.3. The van der Waals surface area contributed by atoms with Gasteiger partial charge in [0.15, 0.2) is 4.91 Å². The van der Waals surface area contributed by atoms with Crippen LogP contribution in [0.3, 0.4) is 0 Å². The van der Waals surface area contributed by atoms with Crippen LogP contribution in [0.4, 0.5) is 0 Å². The number of aromatic nitrogens is 2. The molecule has 6 heteroatoms. The third-order valence-corrected chi connectivity index (χ3v) is 5.39. The summed E-state index contributed by atoms with van der Waals surface area (Å²) in [5.41, 5.74) is 3.24. The summed E-state index contributed by atoms with van der Waals surface area (Å²) in [4.78, 5) is 4.04. The van der Waals surface area contributed by atoms with Crippen LogP contribution in [0.2, 0.25) is 0 Å². The number of pyridine rings is 1. The molecule has 0 fully saturated rings. The van der Waals surface area contributed by atoms with E-state index in [1.807, 2.05) is 26.0 Å². The summed E-state index contributed by atoms with van der Waals surface area (Å²) in [6.45, 7) is 3.82. The standard InChI is InChI=1S/C18H15N3O2S/c1-13-3-5-16(6-4-13)24(22,23)17(11-19)10-15-12-20-18-9-14(2)7-8-21(15)18/h3-10,12H,1-2H3/b17-10+. The van der Waals surface area contributed by atoms with Crippen molar-refractivity contribution in [2.75, 3.05) is 0 Å². The lowest BCUT2D eigenvalue weighted by atomic mass is 10.2. The third-order valence-electron chi connectivity index (χ3n) is 3.71. The van der Waals surface area contributed by atoms with Gasteiger partial charge in [-0.05, 0) is 49.8 Å². The highest BCUT2D eigenvalue weighted by Crippen LogP contribution is 2.22. The van der Waals surface area contributed by atoms with Crippen LogP contribution in [0.1, 0.15) is 16.8 Å². The lowest BCUT2D eigenvalue weighted by Gasteiger charge is -2.04. The quantitative estimate of drug-likeness (QED) is 0.687. The normalized spacial score (nSPS) is 12.3. The molecule has 0 spiro atoms. The Morgan fingerprint density at radius 3 is 2.54 bits per heavy atom. The van der Waals surface area contributed by atoms with Crippen LogP contribution >= 0.6 is 0 Å². The summed E-state index contributed by atoms with van der Waals surface area (Å²) in [7, 11) is -3.86. The van der Waals surface area contributed by atoms with Crippen LogP contribution < -0.4 is 0 Å². The molecule has 120 valence electrons. The fraction of sp³-hybridized carbons (Fsp3) is 0.111. The predicted octanol–water partition coefficient (Wildman–Crippen LogP) is 3.29. The van der Waals surface area contributed by atoms with Gasteiger partial charge in [-0.2, -0.15) is 5.26 Å². The SMILES string of the molecule is Cc1ccc(S(=O)(=O)/C(C#N)=C/c2cnc3cc(C)ccn23)cc1. The molecule has 0 saturated heterocycles. The zero-order valence-electron chi connectivity index (χ0n) is 13.3. The summed E-state index contributed by atoms with van der Waals surface area (Å²) >= 11 is 0. The average molecular weight is 337 g/mol. The van der Waals surface area contributed by atoms with E-state index >= 15 is 0 Å². The van der Waals surface area contributed by atoms with Crippen molar-refractivity contribution in [1.29, 1.82) is 5.26 Å². The Labute approximate surface area is 140 Å². The van der Waals surface area contributed by atoms with Crippen molar-refractivity contribution in [2.24, 2.45) is 0 Å². The van der Waals surface area contributed by atoms with E-state index in [1.54, 1.807) is 35.0 Å². The summed E-state index contributed by atoms with van der Waals surface area (Å²) in [5.74, 6) is 0. The van der Waals surface area contributed by atoms with Gasteiger partial charge in [-0.3, -0.25) is 0 Å². The lowest BCUT2D eigenvalue weighted by molar-refractivity contribution is 0.603. The Morgan fingerprint density at radius 2 is 1.88 bits per heavy atom. The molecule has 2 aromatic heterocycles. The van der Waals surface area contributed by atoms with E-state index in [-0.39, 0.29) is 9.80 Å². The number of rotatable bonds is 3. The van der Waals surface area contributed by atoms with Gasteiger partial charge in [0.1, 0.15) is 11.7 Å². The van der Waals surface area contributed by atoms with E-state index in [1.165, 1.54) is 18.2 Å². The molecule has 3 aromatic rings. The van der Waals surface area contributed by atoms with Crippen molar-refractivity contribution >= 4 is 21.6 Å². The second kappa shape index (κ2) is 5.95. The van der Waals surface area contributed by atoms with Gasteiger partial charge < -0.3 is 4.40 Å². The highest BCUT2D eigenvalue weighted by Gasteiger charge is 2.21. The van der Waals surface area contributed by atoms with Gasteiger partial charge in [0.05, 0.1) is 16.8 Å². The second-order valence-corrected chi connectivity index (χ2v) is 7.47. The Morgan fingerprint density at radius 1 is 1.17 bits per heavy atom. The third kappa shape index (κ3) is 2.82. The molecule has 0 unspecified atom stereocenters. The van der Waals surface area contributed by atoms with Crippen LogP contribution in [-0.4, -0.2) is 17.8 Å². The number of aryl methyl sites for hydroxylation is 2. The number of sulfone groups is 1. The molecule has 0 atom stereocenters. The zero-order valence-corrected chi connectivity index (χ0v) is 14.1. The largest absolute Gasteiger partial charge is 0.300 e. The van der Waals surface area contributed by atoms with E-state index in [2.05, 4.69) is 4.98 Å². The van der Waals surface area contributed by atoms with Crippen molar-refractivity contribution in [1.82, 2.24) is 9.38 Å². The first kappa shape index (κ1) is 16.0. The fourth-order valence-electron chi connectivity index (χ4n) is 2.36. The molecule has 0 aliphatic heterocycles. The minimum absolute atomic E-state index is 0.102. The first-order chi connectivity index (χ1) is 11.4. The van der Waals surface area contributed by atoms with Crippen molar-refractivity contribution in [3.8, 4) is 6.07 Å². The molecule has 24 heavy (non-hydrogen) atoms. The van der Waals surface area contributed by atoms with Crippen molar-refractivity contribution in [3.63, 3.8) is 0 Å². The Kier molecular flexibility index (Phi) is 3.96. The maximum Gasteiger partial charge on any atom is 0.216 e. The smallest absolute Gasteiger partial charge is 0.216 e. The molecule has 2 heterocycles. The van der Waals surface area contributed by atoms with E-state index in [0.29, 0.717) is 11.3 Å². The summed E-state index contributed by atoms with van der Waals surface area (Å²) in [6, 6.07) is 12.0. The number of allylic oxidation sites excluding steroid dienone is 1. The van der Waals surface area contributed by atoms with Gasteiger partial charge in [0, 0.05) is 6.20 Å². The number of hydrogen-bond donors (Lipinski definition) is 0. The van der Waals surface area contributed by atoms with Crippen LogP contribution in [0.25, 0.3) is 11.7 Å². The number of fused-ring (bicyclic) bond motifs is 1. The molecule has 0 bridgehead atoms. The molecule has 0 radical (unpaired) electrons. The number of nitrogens with zero attached hydrogens (tertiary/aromatic N) is 3. The molecule has 0 amide bonds. The molecule has 3 rings (SSSR count). The minimum atomic E-state index is -3.86. The van der Waals surface area contributed by atoms with E-state index in [0.717, 1.165) is 11.1 Å². The number of nitriles is 1. The lowest BCUT2D eigenvalue weighted by Crippen LogP contribution is -2.04. The van der Waals surface area contributed by atoms with Crippen molar-refractivity contribution in [3.05, 3.63) is 70.5 Å². The number of imidazole rings is 1. The van der Waals surface area contributed by atoms with Gasteiger partial charge in [0.2, 0.25) is 9.84 Å². The highest BCUT2D eigenvalue weighted by molar-refractivity contribution is 7.95. The first-order valence-electron chi connectivity index (χ1n) is 7.29. The van der Waals surface area contributed by atoms with Crippen molar-refractivity contribution < 1.29 is 8.42 Å². The molecule has 0 N–H and O–H groups in total. The summed E-state index contributed by atoms with van der Waals surface area (Å²) in [5, 5.41) is 9.37. The fourth-order valence-corrected chi connectivity index (χ4v) is 3.50. The predicted molar refractivity (Wildman–Crippen MR) is 91.9 cm³/mol. The average Bonchev–Trinajstić information content (AvgIpc) is 2.94. The molecule has 1 aromatic carbocycles. The number of benzene rings is 1. The van der Waals surface area contributed by atoms with E-state index < -0.39 is 9.84 Å². The molecule has 0 saturated carbocycles. The Bertz CT molecular complexity index is 1090. The molecule has 0 aliphatic carbocycles. The van der Waals surface area contributed by atoms with Crippen LogP contribution in [0.5, 0.6) is 0 Å². The maximum atomic E-state index is 12.7. The molecule has 0 aliphatic rings. The van der Waals surface area contributed by atoms with Crippen LogP contribution in [-0.2, 0) is 9.84 Å². The number of hydrogen-bond acceptors (Lipinski definition) is 4. The monoisotopic (exact) mass is 337 g/mol. The summed E-state index contributed by atoms with van der Waals surface area (Å²) < 4.78 is 27.1. The second-order valence-electron chi connectivity index (χ2n) is 5.55. The molecule has 5 nitrogen and oxygen atoms in total. The Balaban J connectivity index is 2.12. The van der Waals surface area contributed by atoms with Gasteiger partial charge in [0.25, 0.3) is 0 Å². The minimum Gasteiger partial charge on any atom is -0.300 e. The van der Waals surface area contributed by atoms with Gasteiger partial charge in [-0.1, -0.05) is 17.7 Å². The Hall–Kier alpha value is -2.91. The van der Waals surface area contributed by atoms with E-state index in [9.17, 15) is 13.7 Å². The topological polar surface area (TPSA) is 75.2 Å². The van der Waals surface area contributed by atoms with Crippen LogP contribution in [0, 0.1) is 25.2 Å². The molecular formula is C18H15N3O2S. The van der Waals surface area contributed by atoms with Crippen molar-refractivity contribution in [2.45, 2.75) is 18.7 Å². The van der Waals surface area contributed by atoms with Gasteiger partial charge in [-0.25, -0.2) is 13.4 Å². The van der Waals surface area contributed by atoms with Gasteiger partial charge >= 0.3 is 0 Å².